The lowest BCUT2D eigenvalue weighted by Gasteiger charge is -2.53. The largest absolute Gasteiger partial charge is 0.508 e. The minimum Gasteiger partial charge on any atom is -0.508 e. The predicted molar refractivity (Wildman–Crippen MR) is 129 cm³/mol. The Hall–Kier alpha value is -2.38. The number of benzene rings is 2. The summed E-state index contributed by atoms with van der Waals surface area (Å²) < 4.78 is 27.6. The Morgan fingerprint density at radius 3 is 2.56 bits per heavy atom. The highest BCUT2D eigenvalue weighted by Crippen LogP contribution is 2.65. The molecule has 0 aliphatic heterocycles. The summed E-state index contributed by atoms with van der Waals surface area (Å²) in [6, 6.07) is 12.0. The van der Waals surface area contributed by atoms with Gasteiger partial charge in [0.25, 0.3) is 10.0 Å². The fourth-order valence-electron chi connectivity index (χ4n) is 7.20. The van der Waals surface area contributed by atoms with Crippen LogP contribution in [0.3, 0.4) is 0 Å². The van der Waals surface area contributed by atoms with Crippen LogP contribution in [-0.2, 0) is 21.2 Å². The van der Waals surface area contributed by atoms with Crippen molar-refractivity contribution in [2.24, 2.45) is 17.3 Å². The van der Waals surface area contributed by atoms with Crippen molar-refractivity contribution in [3.63, 3.8) is 0 Å². The van der Waals surface area contributed by atoms with Crippen molar-refractivity contribution in [1.82, 2.24) is 4.72 Å². The molecule has 2 aromatic carbocycles. The summed E-state index contributed by atoms with van der Waals surface area (Å²) >= 11 is 0. The molecule has 2 fully saturated rings. The summed E-state index contributed by atoms with van der Waals surface area (Å²) in [5, 5.41) is 21.6. The van der Waals surface area contributed by atoms with Gasteiger partial charge in [-0.3, -0.25) is 4.79 Å². The summed E-state index contributed by atoms with van der Waals surface area (Å²) in [7, 11) is -3.98. The second kappa shape index (κ2) is 8.09. The zero-order valence-corrected chi connectivity index (χ0v) is 20.6. The Kier molecular flexibility index (Phi) is 5.56. The van der Waals surface area contributed by atoms with E-state index in [0.29, 0.717) is 24.0 Å². The van der Waals surface area contributed by atoms with Crippen LogP contribution in [0.5, 0.6) is 5.75 Å². The quantitative estimate of drug-likeness (QED) is 0.605. The van der Waals surface area contributed by atoms with Crippen LogP contribution >= 0.6 is 0 Å². The first-order valence-corrected chi connectivity index (χ1v) is 13.7. The molecule has 0 bridgehead atoms. The maximum absolute atomic E-state index is 12.9. The molecule has 1 amide bonds. The molecular weight excluding hydrogens is 450 g/mol. The number of hydrogen-bond acceptors (Lipinski definition) is 5. The van der Waals surface area contributed by atoms with Gasteiger partial charge in [-0.1, -0.05) is 30.7 Å². The third-order valence-corrected chi connectivity index (χ3v) is 10.5. The smallest absolute Gasteiger partial charge is 0.264 e. The summed E-state index contributed by atoms with van der Waals surface area (Å²) in [5.41, 5.74) is 1.80. The molecule has 6 nitrogen and oxygen atoms in total. The van der Waals surface area contributed by atoms with E-state index < -0.39 is 26.9 Å². The van der Waals surface area contributed by atoms with Gasteiger partial charge in [0.2, 0.25) is 5.91 Å². The average molecular weight is 484 g/mol. The van der Waals surface area contributed by atoms with Crippen LogP contribution in [0.2, 0.25) is 0 Å². The van der Waals surface area contributed by atoms with Crippen LogP contribution in [0.4, 0.5) is 0 Å². The first-order chi connectivity index (χ1) is 16.0. The Morgan fingerprint density at radius 2 is 1.82 bits per heavy atom. The maximum Gasteiger partial charge on any atom is 0.264 e. The fraction of sp³-hybridized carbons (Fsp3) is 0.519. The lowest BCUT2D eigenvalue weighted by Crippen LogP contribution is -2.52. The number of phenols is 1. The Morgan fingerprint density at radius 1 is 1.09 bits per heavy atom. The minimum atomic E-state index is -3.98. The lowest BCUT2D eigenvalue weighted by molar-refractivity contribution is -0.138. The molecule has 0 unspecified atom stereocenters. The molecule has 34 heavy (non-hydrogen) atoms. The van der Waals surface area contributed by atoms with E-state index in [1.54, 1.807) is 18.2 Å². The van der Waals surface area contributed by atoms with Crippen molar-refractivity contribution >= 4 is 15.9 Å². The van der Waals surface area contributed by atoms with Gasteiger partial charge in [0.15, 0.2) is 0 Å². The molecule has 0 saturated heterocycles. The van der Waals surface area contributed by atoms with E-state index in [1.807, 2.05) is 13.0 Å². The number of amides is 1. The highest BCUT2D eigenvalue weighted by molar-refractivity contribution is 7.90. The summed E-state index contributed by atoms with van der Waals surface area (Å²) in [6.45, 7) is 3.96. The van der Waals surface area contributed by atoms with Gasteiger partial charge in [0.1, 0.15) is 5.75 Å². The van der Waals surface area contributed by atoms with Gasteiger partial charge >= 0.3 is 0 Å². The van der Waals surface area contributed by atoms with Gasteiger partial charge in [-0.2, -0.15) is 0 Å². The van der Waals surface area contributed by atoms with Crippen molar-refractivity contribution in [2.75, 3.05) is 0 Å². The molecule has 0 aromatic heterocycles. The van der Waals surface area contributed by atoms with Crippen molar-refractivity contribution in [3.8, 4) is 5.75 Å². The summed E-state index contributed by atoms with van der Waals surface area (Å²) in [5.74, 6) is 0.751. The molecule has 0 radical (unpaired) electrons. The number of phenolic OH excluding ortho intramolecular Hbond substituents is 1. The van der Waals surface area contributed by atoms with E-state index >= 15 is 0 Å². The van der Waals surface area contributed by atoms with E-state index in [9.17, 15) is 23.4 Å². The Bertz CT molecular complexity index is 1220. The molecule has 0 heterocycles. The number of aromatic hydroxyl groups is 1. The Labute approximate surface area is 201 Å². The van der Waals surface area contributed by atoms with E-state index in [0.717, 1.165) is 37.7 Å². The number of carbonyl (C=O) groups excluding carboxylic acids is 1. The van der Waals surface area contributed by atoms with Crippen molar-refractivity contribution in [3.05, 3.63) is 59.2 Å². The number of aryl methyl sites for hydroxylation is 2. The van der Waals surface area contributed by atoms with Crippen LogP contribution in [0.1, 0.15) is 68.1 Å². The van der Waals surface area contributed by atoms with E-state index in [-0.39, 0.29) is 17.2 Å². The zero-order chi connectivity index (χ0) is 24.3. The van der Waals surface area contributed by atoms with Gasteiger partial charge in [-0.15, -0.1) is 0 Å². The number of nitrogens with one attached hydrogen (secondary N) is 1. The first-order valence-electron chi connectivity index (χ1n) is 12.2. The standard InChI is InChI=1S/C27H33NO5S/c1-17-3-7-20(8-4-17)34(32,33)28-25(30)16-27(31)14-12-24-23-9-5-18-15-19(29)6-10-21(18)22(23)11-13-26(24,27)2/h3-4,6-8,10,15,22-24,29,31H,5,9,11-14,16H2,1-2H3,(H,28,30)/t22-,23-,24+,26+,27-/m1/s1. The van der Waals surface area contributed by atoms with Gasteiger partial charge in [-0.05, 0) is 104 Å². The average Bonchev–Trinajstić information content (AvgIpc) is 3.03. The van der Waals surface area contributed by atoms with Crippen molar-refractivity contribution in [1.29, 1.82) is 0 Å². The van der Waals surface area contributed by atoms with Crippen LogP contribution in [0.15, 0.2) is 47.4 Å². The Balaban J connectivity index is 1.33. The molecule has 3 N–H and O–H groups in total. The van der Waals surface area contributed by atoms with Crippen LogP contribution in [0, 0.1) is 24.2 Å². The van der Waals surface area contributed by atoms with E-state index in [2.05, 4.69) is 17.7 Å². The number of sulfonamides is 1. The van der Waals surface area contributed by atoms with E-state index in [1.165, 1.54) is 23.3 Å². The predicted octanol–water partition coefficient (Wildman–Crippen LogP) is 4.18. The highest BCUT2D eigenvalue weighted by atomic mass is 32.2. The molecule has 5 atom stereocenters. The summed E-state index contributed by atoms with van der Waals surface area (Å²) in [6.07, 6.45) is 4.73. The third-order valence-electron chi connectivity index (χ3n) is 9.06. The van der Waals surface area contributed by atoms with Crippen molar-refractivity contribution < 1.29 is 23.4 Å². The third kappa shape index (κ3) is 3.73. The van der Waals surface area contributed by atoms with Crippen LogP contribution in [-0.4, -0.2) is 30.1 Å². The van der Waals surface area contributed by atoms with Crippen molar-refractivity contribution in [2.45, 2.75) is 75.2 Å². The van der Waals surface area contributed by atoms with Crippen LogP contribution < -0.4 is 4.72 Å². The lowest BCUT2D eigenvalue weighted by atomic mass is 9.53. The fourth-order valence-corrected chi connectivity index (χ4v) is 8.18. The van der Waals surface area contributed by atoms with Gasteiger partial charge in [-0.25, -0.2) is 13.1 Å². The van der Waals surface area contributed by atoms with Gasteiger partial charge in [0, 0.05) is 0 Å². The number of hydrogen-bond donors (Lipinski definition) is 3. The summed E-state index contributed by atoms with van der Waals surface area (Å²) in [4.78, 5) is 12.9. The molecule has 3 aliphatic carbocycles. The number of fused-ring (bicyclic) bond motifs is 5. The van der Waals surface area contributed by atoms with Gasteiger partial charge in [0.05, 0.1) is 16.9 Å². The number of rotatable bonds is 4. The van der Waals surface area contributed by atoms with Crippen LogP contribution in [0.25, 0.3) is 0 Å². The zero-order valence-electron chi connectivity index (χ0n) is 19.8. The molecule has 2 aromatic rings. The second-order valence-corrected chi connectivity index (χ2v) is 12.5. The second-order valence-electron chi connectivity index (χ2n) is 10.8. The molecule has 182 valence electrons. The SMILES string of the molecule is Cc1ccc(S(=O)(=O)NC(=O)C[C@]2(O)CC[C@H]3[C@@H]4CCc5cc(O)ccc5[C@H]4CC[C@@]32C)cc1. The van der Waals surface area contributed by atoms with Gasteiger partial charge < -0.3 is 10.2 Å². The molecule has 3 aliphatic rings. The monoisotopic (exact) mass is 483 g/mol. The van der Waals surface area contributed by atoms with E-state index in [4.69, 9.17) is 0 Å². The molecule has 0 spiro atoms. The maximum atomic E-state index is 12.9. The molecule has 2 saturated carbocycles. The normalized spacial score (nSPS) is 32.4. The topological polar surface area (TPSA) is 104 Å². The first kappa shape index (κ1) is 23.4. The minimum absolute atomic E-state index is 0.0429. The highest BCUT2D eigenvalue weighted by Gasteiger charge is 2.62. The number of carbonyl (C=O) groups is 1. The number of aliphatic hydroxyl groups is 1. The molecular formula is C27H33NO5S. The molecule has 5 rings (SSSR count). The molecule has 7 heteroatoms.